The van der Waals surface area contributed by atoms with Crippen molar-refractivity contribution in [2.24, 2.45) is 0 Å². The highest BCUT2D eigenvalue weighted by molar-refractivity contribution is 7.21. The number of anilines is 1. The highest BCUT2D eigenvalue weighted by atomic mass is 32.1. The van der Waals surface area contributed by atoms with Crippen molar-refractivity contribution in [1.29, 1.82) is 0 Å². The third-order valence-electron chi connectivity index (χ3n) is 6.47. The van der Waals surface area contributed by atoms with Crippen LogP contribution in [0.3, 0.4) is 0 Å². The first-order valence-corrected chi connectivity index (χ1v) is 13.4. The summed E-state index contributed by atoms with van der Waals surface area (Å²) in [6.07, 6.45) is 6.39. The van der Waals surface area contributed by atoms with Crippen LogP contribution in [0.2, 0.25) is 0 Å². The number of aryl methyl sites for hydroxylation is 3. The van der Waals surface area contributed by atoms with Crippen LogP contribution in [0.5, 0.6) is 0 Å². The van der Waals surface area contributed by atoms with Gasteiger partial charge in [0.15, 0.2) is 0 Å². The molecule has 4 aromatic rings. The van der Waals surface area contributed by atoms with Crippen molar-refractivity contribution >= 4 is 49.6 Å². The number of nitrogens with one attached hydrogen (secondary N) is 1. The number of benzene rings is 2. The van der Waals surface area contributed by atoms with Gasteiger partial charge in [0.05, 0.1) is 12.0 Å². The van der Waals surface area contributed by atoms with E-state index >= 15 is 0 Å². The lowest BCUT2D eigenvalue weighted by Gasteiger charge is -2.16. The van der Waals surface area contributed by atoms with Crippen LogP contribution in [0.25, 0.3) is 21.2 Å². The van der Waals surface area contributed by atoms with Gasteiger partial charge in [0, 0.05) is 15.6 Å². The maximum Gasteiger partial charge on any atom is 0.341 e. The van der Waals surface area contributed by atoms with E-state index in [1.165, 1.54) is 53.8 Å². The third kappa shape index (κ3) is 4.17. The van der Waals surface area contributed by atoms with E-state index < -0.39 is 5.97 Å². The first-order valence-electron chi connectivity index (χ1n) is 11.7. The number of carbonyl (C=O) groups excluding carboxylic acids is 2. The summed E-state index contributed by atoms with van der Waals surface area (Å²) < 4.78 is 6.23. The fourth-order valence-electron chi connectivity index (χ4n) is 4.81. The largest absolute Gasteiger partial charge is 0.465 e. The van der Waals surface area contributed by atoms with Crippen LogP contribution in [0, 0.1) is 0 Å². The first-order chi connectivity index (χ1) is 16.6. The Morgan fingerprint density at radius 2 is 1.85 bits per heavy atom. The minimum atomic E-state index is -0.436. The van der Waals surface area contributed by atoms with Crippen LogP contribution in [-0.4, -0.2) is 19.0 Å². The number of hydrogen-bond donors (Lipinski definition) is 1. The molecule has 1 amide bonds. The van der Waals surface area contributed by atoms with Crippen LogP contribution in [-0.2, 0) is 24.0 Å². The Labute approximate surface area is 207 Å². The van der Waals surface area contributed by atoms with E-state index in [1.807, 2.05) is 17.5 Å². The molecule has 0 saturated heterocycles. The van der Waals surface area contributed by atoms with E-state index in [2.05, 4.69) is 42.6 Å². The number of esters is 1. The molecule has 1 N–H and O–H groups in total. The topological polar surface area (TPSA) is 55.4 Å². The fraction of sp³-hybridized carbons (Fsp3) is 0.286. The molecule has 0 fully saturated rings. The maximum atomic E-state index is 13.4. The molecule has 6 heteroatoms. The van der Waals surface area contributed by atoms with Crippen molar-refractivity contribution in [3.05, 3.63) is 75.0 Å². The Morgan fingerprint density at radius 1 is 1.06 bits per heavy atom. The van der Waals surface area contributed by atoms with Crippen LogP contribution in [0.1, 0.15) is 62.9 Å². The van der Waals surface area contributed by atoms with Gasteiger partial charge in [0.25, 0.3) is 5.91 Å². The molecule has 0 radical (unpaired) electrons. The number of amides is 1. The molecule has 2 aromatic heterocycles. The Balaban J connectivity index is 1.52. The summed E-state index contributed by atoms with van der Waals surface area (Å²) in [6.45, 7) is 2.12. The predicted molar refractivity (Wildman–Crippen MR) is 142 cm³/mol. The lowest BCUT2D eigenvalue weighted by Crippen LogP contribution is -2.14. The molecular formula is C28H27NO3S2. The van der Waals surface area contributed by atoms with Crippen molar-refractivity contribution in [3.8, 4) is 11.1 Å². The summed E-state index contributed by atoms with van der Waals surface area (Å²) in [4.78, 5) is 27.0. The van der Waals surface area contributed by atoms with E-state index in [0.29, 0.717) is 15.4 Å². The van der Waals surface area contributed by atoms with Gasteiger partial charge in [-0.3, -0.25) is 4.79 Å². The van der Waals surface area contributed by atoms with E-state index in [1.54, 1.807) is 0 Å². The van der Waals surface area contributed by atoms with Gasteiger partial charge in [-0.1, -0.05) is 49.7 Å². The highest BCUT2D eigenvalue weighted by Gasteiger charge is 2.25. The van der Waals surface area contributed by atoms with Gasteiger partial charge >= 0.3 is 5.97 Å². The Kier molecular flexibility index (Phi) is 6.53. The lowest BCUT2D eigenvalue weighted by atomic mass is 9.89. The summed E-state index contributed by atoms with van der Waals surface area (Å²) in [5, 5.41) is 6.66. The van der Waals surface area contributed by atoms with Crippen molar-refractivity contribution in [2.75, 3.05) is 12.4 Å². The molecule has 0 atom stereocenters. The van der Waals surface area contributed by atoms with Gasteiger partial charge in [0.2, 0.25) is 0 Å². The molecule has 34 heavy (non-hydrogen) atoms. The number of fused-ring (bicyclic) bond motifs is 2. The number of rotatable bonds is 6. The van der Waals surface area contributed by atoms with E-state index in [9.17, 15) is 9.59 Å². The fourth-order valence-corrected chi connectivity index (χ4v) is 6.91. The van der Waals surface area contributed by atoms with Gasteiger partial charge in [-0.05, 0) is 65.8 Å². The Hall–Kier alpha value is -2.96. The minimum absolute atomic E-state index is 0.173. The molecule has 0 spiro atoms. The van der Waals surface area contributed by atoms with E-state index in [-0.39, 0.29) is 5.91 Å². The molecule has 1 aliphatic carbocycles. The lowest BCUT2D eigenvalue weighted by molar-refractivity contribution is 0.0603. The quantitative estimate of drug-likeness (QED) is 0.285. The van der Waals surface area contributed by atoms with Crippen molar-refractivity contribution in [3.63, 3.8) is 0 Å². The second kappa shape index (κ2) is 9.72. The molecule has 4 nitrogen and oxygen atoms in total. The Bertz CT molecular complexity index is 1380. The zero-order valence-electron chi connectivity index (χ0n) is 19.4. The summed E-state index contributed by atoms with van der Waals surface area (Å²) >= 11 is 2.88. The summed E-state index contributed by atoms with van der Waals surface area (Å²) in [7, 11) is 1.38. The number of methoxy groups -OCH3 is 1. The van der Waals surface area contributed by atoms with E-state index in [0.717, 1.165) is 52.5 Å². The van der Waals surface area contributed by atoms with Crippen LogP contribution >= 0.6 is 22.7 Å². The van der Waals surface area contributed by atoms with Gasteiger partial charge in [-0.25, -0.2) is 4.79 Å². The second-order valence-electron chi connectivity index (χ2n) is 8.65. The second-order valence-corrected chi connectivity index (χ2v) is 10.6. The van der Waals surface area contributed by atoms with Crippen LogP contribution in [0.4, 0.5) is 5.00 Å². The standard InChI is InChI=1S/C28H27NO3S2/c1-3-8-21-20-11-6-7-12-23(20)34-25(21)26(30)29-27-24(28(31)32-2)22(16-33-27)19-14-13-17-9-4-5-10-18(17)15-19/h6-7,11-16H,3-5,8-10H2,1-2H3,(H,29,30). The van der Waals surface area contributed by atoms with Crippen molar-refractivity contribution < 1.29 is 14.3 Å². The predicted octanol–water partition coefficient (Wildman–Crippen LogP) is 7.50. The average molecular weight is 490 g/mol. The monoisotopic (exact) mass is 489 g/mol. The SMILES string of the molecule is CCCc1c(C(=O)Nc2scc(-c3ccc4c(c3)CCCC4)c2C(=O)OC)sc2ccccc12. The molecule has 0 aliphatic heterocycles. The molecule has 5 rings (SSSR count). The van der Waals surface area contributed by atoms with Crippen LogP contribution in [0.15, 0.2) is 47.8 Å². The van der Waals surface area contributed by atoms with Gasteiger partial charge < -0.3 is 10.1 Å². The van der Waals surface area contributed by atoms with Gasteiger partial charge in [-0.2, -0.15) is 0 Å². The first kappa shape index (κ1) is 22.8. The molecule has 174 valence electrons. The highest BCUT2D eigenvalue weighted by Crippen LogP contribution is 2.39. The van der Waals surface area contributed by atoms with Gasteiger partial charge in [0.1, 0.15) is 10.6 Å². The number of carbonyl (C=O) groups is 2. The van der Waals surface area contributed by atoms with Gasteiger partial charge in [-0.15, -0.1) is 22.7 Å². The number of hydrogen-bond acceptors (Lipinski definition) is 5. The Morgan fingerprint density at radius 3 is 2.65 bits per heavy atom. The zero-order valence-corrected chi connectivity index (χ0v) is 21.0. The molecule has 0 saturated carbocycles. The van der Waals surface area contributed by atoms with Crippen LogP contribution < -0.4 is 5.32 Å². The summed E-state index contributed by atoms with van der Waals surface area (Å²) in [5.41, 5.74) is 6.05. The molecule has 1 aliphatic rings. The number of thiophene rings is 2. The van der Waals surface area contributed by atoms with E-state index in [4.69, 9.17) is 4.74 Å². The molecule has 2 aromatic carbocycles. The molecular weight excluding hydrogens is 462 g/mol. The zero-order chi connectivity index (χ0) is 23.7. The minimum Gasteiger partial charge on any atom is -0.465 e. The number of ether oxygens (including phenoxy) is 1. The van der Waals surface area contributed by atoms with Crippen molar-refractivity contribution in [1.82, 2.24) is 0 Å². The maximum absolute atomic E-state index is 13.4. The summed E-state index contributed by atoms with van der Waals surface area (Å²) in [6, 6.07) is 14.6. The van der Waals surface area contributed by atoms with Crippen molar-refractivity contribution in [2.45, 2.75) is 45.4 Å². The summed E-state index contributed by atoms with van der Waals surface area (Å²) in [5.74, 6) is -0.608. The smallest absolute Gasteiger partial charge is 0.341 e. The molecule has 2 heterocycles. The normalized spacial score (nSPS) is 13.0. The third-order valence-corrected chi connectivity index (χ3v) is 8.58. The molecule has 0 bridgehead atoms. The molecule has 0 unspecified atom stereocenters. The average Bonchev–Trinajstić information content (AvgIpc) is 3.45.